The monoisotopic (exact) mass is 668 g/mol. The van der Waals surface area contributed by atoms with E-state index in [1.165, 1.54) is 31.3 Å². The number of pyridine rings is 1. The number of aromatic nitrogens is 2. The molecule has 0 aliphatic carbocycles. The minimum Gasteiger partial charge on any atom is -0.455 e. The van der Waals surface area contributed by atoms with Crippen molar-refractivity contribution < 1.29 is 4.42 Å². The van der Waals surface area contributed by atoms with Crippen LogP contribution >= 0.6 is 11.3 Å². The first-order valence-corrected chi connectivity index (χ1v) is 18.0. The molecule has 11 aromatic rings. The molecule has 7 aromatic carbocycles. The largest absolute Gasteiger partial charge is 0.455 e. The van der Waals surface area contributed by atoms with Gasteiger partial charge in [-0.2, -0.15) is 0 Å². The number of benzene rings is 7. The van der Waals surface area contributed by atoms with Gasteiger partial charge in [-0.15, -0.1) is 11.3 Å². The van der Waals surface area contributed by atoms with Gasteiger partial charge in [-0.25, -0.2) is 4.98 Å². The zero-order valence-electron chi connectivity index (χ0n) is 27.4. The third kappa shape index (κ3) is 4.33. The molecule has 0 amide bonds. The molecule has 51 heavy (non-hydrogen) atoms. The zero-order valence-corrected chi connectivity index (χ0v) is 28.2. The van der Waals surface area contributed by atoms with Crippen LogP contribution in [0.3, 0.4) is 0 Å². The van der Waals surface area contributed by atoms with Gasteiger partial charge in [-0.3, -0.25) is 0 Å². The molecule has 0 saturated carbocycles. The number of rotatable bonds is 4. The number of thiophene rings is 1. The van der Waals surface area contributed by atoms with E-state index in [1.807, 2.05) is 17.4 Å². The Morgan fingerprint density at radius 1 is 0.471 bits per heavy atom. The van der Waals surface area contributed by atoms with Gasteiger partial charge in [0.25, 0.3) is 0 Å². The van der Waals surface area contributed by atoms with Crippen molar-refractivity contribution in [2.24, 2.45) is 0 Å². The third-order valence-corrected chi connectivity index (χ3v) is 11.4. The SMILES string of the molecule is c1ccc(-c2ccc(-c3cc(-n4c5ccccc5c5c6oc7ccccc7c6ccc54)cc(-c4cccc5c4sc4ccccc45)n3)cc2)cc1. The van der Waals surface area contributed by atoms with Crippen LogP contribution in [0.25, 0.3) is 103 Å². The van der Waals surface area contributed by atoms with E-state index in [0.29, 0.717) is 0 Å². The molecule has 238 valence electrons. The van der Waals surface area contributed by atoms with Crippen molar-refractivity contribution in [2.75, 3.05) is 0 Å². The maximum Gasteiger partial charge on any atom is 0.145 e. The average molecular weight is 669 g/mol. The molecule has 0 aliphatic heterocycles. The van der Waals surface area contributed by atoms with E-state index in [0.717, 1.165) is 71.9 Å². The molecular weight excluding hydrogens is 641 g/mol. The Bertz CT molecular complexity index is 3130. The second-order valence-corrected chi connectivity index (χ2v) is 14.2. The summed E-state index contributed by atoms with van der Waals surface area (Å²) in [4.78, 5) is 5.42. The standard InChI is InChI=1S/C47H28N2OS/c1-2-11-29(12-3-1)30-21-23-31(24-22-30)39-27-32(28-40(48-39)37-17-10-16-36-34-14-6-9-20-44(34)51-47(36)37)49-41-18-7-4-15-38(41)45-42(49)26-25-35-33-13-5-8-19-43(33)50-46(35)45/h1-28H. The zero-order chi connectivity index (χ0) is 33.5. The summed E-state index contributed by atoms with van der Waals surface area (Å²) in [5.41, 5.74) is 11.6. The van der Waals surface area contributed by atoms with Gasteiger partial charge in [0.05, 0.1) is 33.5 Å². The normalized spacial score (nSPS) is 11.9. The Hall–Kier alpha value is -6.49. The first-order valence-electron chi connectivity index (χ1n) is 17.2. The fourth-order valence-electron chi connectivity index (χ4n) is 7.86. The van der Waals surface area contributed by atoms with Crippen LogP contribution in [0.2, 0.25) is 0 Å². The van der Waals surface area contributed by atoms with Crippen molar-refractivity contribution >= 4 is 75.3 Å². The lowest BCUT2D eigenvalue weighted by atomic mass is 10.0. The molecule has 0 aliphatic rings. The molecule has 11 rings (SSSR count). The Morgan fingerprint density at radius 2 is 1.16 bits per heavy atom. The molecule has 0 N–H and O–H groups in total. The Labute approximate surface area is 297 Å². The van der Waals surface area contributed by atoms with E-state index in [1.54, 1.807) is 0 Å². The number of hydrogen-bond acceptors (Lipinski definition) is 3. The molecule has 0 radical (unpaired) electrons. The van der Waals surface area contributed by atoms with Crippen LogP contribution in [0, 0.1) is 0 Å². The highest BCUT2D eigenvalue weighted by Crippen LogP contribution is 2.43. The van der Waals surface area contributed by atoms with Gasteiger partial charge >= 0.3 is 0 Å². The predicted molar refractivity (Wildman–Crippen MR) is 215 cm³/mol. The molecule has 0 spiro atoms. The molecule has 4 heteroatoms. The number of hydrogen-bond donors (Lipinski definition) is 0. The van der Waals surface area contributed by atoms with Gasteiger partial charge in [0, 0.05) is 47.5 Å². The Balaban J connectivity index is 1.20. The Morgan fingerprint density at radius 3 is 2.04 bits per heavy atom. The van der Waals surface area contributed by atoms with Gasteiger partial charge in [-0.1, -0.05) is 127 Å². The van der Waals surface area contributed by atoms with E-state index in [2.05, 4.69) is 168 Å². The van der Waals surface area contributed by atoms with Gasteiger partial charge in [-0.05, 0) is 53.6 Å². The third-order valence-electron chi connectivity index (χ3n) is 10.2. The lowest BCUT2D eigenvalue weighted by Gasteiger charge is -2.14. The lowest BCUT2D eigenvalue weighted by molar-refractivity contribution is 0.673. The average Bonchev–Trinajstić information content (AvgIpc) is 3.88. The maximum atomic E-state index is 6.61. The summed E-state index contributed by atoms with van der Waals surface area (Å²) in [6.07, 6.45) is 0. The number of nitrogens with zero attached hydrogens (tertiary/aromatic N) is 2. The summed E-state index contributed by atoms with van der Waals surface area (Å²) in [5, 5.41) is 7.10. The van der Waals surface area contributed by atoms with Crippen LogP contribution in [-0.2, 0) is 0 Å². The minimum absolute atomic E-state index is 0.903. The molecule has 0 bridgehead atoms. The van der Waals surface area contributed by atoms with Crippen LogP contribution in [0.5, 0.6) is 0 Å². The van der Waals surface area contributed by atoms with Crippen molar-refractivity contribution in [2.45, 2.75) is 0 Å². The smallest absolute Gasteiger partial charge is 0.145 e. The fourth-order valence-corrected chi connectivity index (χ4v) is 9.08. The van der Waals surface area contributed by atoms with Crippen molar-refractivity contribution in [3.8, 4) is 39.3 Å². The summed E-state index contributed by atoms with van der Waals surface area (Å²) in [5.74, 6) is 0. The number of furan rings is 1. The van der Waals surface area contributed by atoms with E-state index in [4.69, 9.17) is 9.40 Å². The van der Waals surface area contributed by atoms with Crippen LogP contribution in [0.1, 0.15) is 0 Å². The molecular formula is C47H28N2OS. The van der Waals surface area contributed by atoms with Gasteiger partial charge in [0.15, 0.2) is 0 Å². The molecule has 4 aromatic heterocycles. The number of para-hydroxylation sites is 2. The van der Waals surface area contributed by atoms with Crippen LogP contribution in [0.4, 0.5) is 0 Å². The summed E-state index contributed by atoms with van der Waals surface area (Å²) >= 11 is 1.84. The van der Waals surface area contributed by atoms with Crippen molar-refractivity contribution in [1.82, 2.24) is 9.55 Å². The van der Waals surface area contributed by atoms with E-state index >= 15 is 0 Å². The summed E-state index contributed by atoms with van der Waals surface area (Å²) < 4.78 is 11.5. The summed E-state index contributed by atoms with van der Waals surface area (Å²) in [6.45, 7) is 0. The molecule has 0 saturated heterocycles. The van der Waals surface area contributed by atoms with Gasteiger partial charge in [0.1, 0.15) is 11.2 Å². The number of fused-ring (bicyclic) bond motifs is 10. The van der Waals surface area contributed by atoms with E-state index in [-0.39, 0.29) is 0 Å². The summed E-state index contributed by atoms with van der Waals surface area (Å²) in [6, 6.07) is 60.5. The van der Waals surface area contributed by atoms with Gasteiger partial charge < -0.3 is 8.98 Å². The highest BCUT2D eigenvalue weighted by Gasteiger charge is 2.20. The molecule has 3 nitrogen and oxygen atoms in total. The minimum atomic E-state index is 0.903. The lowest BCUT2D eigenvalue weighted by Crippen LogP contribution is -1.98. The molecule has 0 unspecified atom stereocenters. The summed E-state index contributed by atoms with van der Waals surface area (Å²) in [7, 11) is 0. The Kier molecular flexibility index (Phi) is 6.12. The van der Waals surface area contributed by atoms with Crippen LogP contribution in [0.15, 0.2) is 174 Å². The predicted octanol–water partition coefficient (Wildman–Crippen LogP) is 13.4. The molecule has 0 atom stereocenters. The highest BCUT2D eigenvalue weighted by atomic mass is 32.1. The second kappa shape index (κ2) is 11.0. The maximum absolute atomic E-state index is 6.61. The first kappa shape index (κ1) is 28.4. The molecule has 4 heterocycles. The van der Waals surface area contributed by atoms with E-state index in [9.17, 15) is 0 Å². The van der Waals surface area contributed by atoms with E-state index < -0.39 is 0 Å². The van der Waals surface area contributed by atoms with Crippen LogP contribution in [-0.4, -0.2) is 9.55 Å². The van der Waals surface area contributed by atoms with Crippen molar-refractivity contribution in [1.29, 1.82) is 0 Å². The van der Waals surface area contributed by atoms with Crippen LogP contribution < -0.4 is 0 Å². The van der Waals surface area contributed by atoms with Gasteiger partial charge in [0.2, 0.25) is 0 Å². The van der Waals surface area contributed by atoms with Crippen molar-refractivity contribution in [3.63, 3.8) is 0 Å². The quantitative estimate of drug-likeness (QED) is 0.187. The highest BCUT2D eigenvalue weighted by molar-refractivity contribution is 7.26. The fraction of sp³-hybridized carbons (Fsp3) is 0. The topological polar surface area (TPSA) is 31.0 Å². The van der Waals surface area contributed by atoms with Crippen molar-refractivity contribution in [3.05, 3.63) is 170 Å². The second-order valence-electron chi connectivity index (χ2n) is 13.1. The molecule has 0 fully saturated rings. The first-order chi connectivity index (χ1) is 25.3.